The molecule has 1 N–H and O–H groups in total. The first-order valence-electron chi connectivity index (χ1n) is 4.72. The van der Waals surface area contributed by atoms with Crippen LogP contribution >= 0.6 is 0 Å². The largest absolute Gasteiger partial charge is 0.393 e. The summed E-state index contributed by atoms with van der Waals surface area (Å²) in [6.07, 6.45) is 1.49. The number of aliphatic hydroxyl groups is 1. The van der Waals surface area contributed by atoms with Crippen molar-refractivity contribution in [1.29, 1.82) is 0 Å². The number of hydrogen-bond donors (Lipinski definition) is 1. The fourth-order valence-corrected chi connectivity index (χ4v) is 3.05. The first kappa shape index (κ1) is 10.9. The number of aliphatic hydroxyl groups excluding tert-OH is 1. The summed E-state index contributed by atoms with van der Waals surface area (Å²) < 4.78 is 24.6. The second-order valence-electron chi connectivity index (χ2n) is 3.45. The highest BCUT2D eigenvalue weighted by atomic mass is 32.2. The molecule has 0 aromatic rings. The van der Waals surface area contributed by atoms with Gasteiger partial charge in [0.2, 0.25) is 10.0 Å². The maximum Gasteiger partial charge on any atom is 0.214 e. The average molecular weight is 207 g/mol. The van der Waals surface area contributed by atoms with Gasteiger partial charge >= 0.3 is 0 Å². The third-order valence-corrected chi connectivity index (χ3v) is 4.36. The standard InChI is InChI=1S/C8H17NO3S/c1-2-7-13(11,12)9-5-3-8(10)4-6-9/h8,10H,2-7H2,1H3. The minimum absolute atomic E-state index is 0.225. The van der Waals surface area contributed by atoms with Crippen molar-refractivity contribution < 1.29 is 13.5 Å². The van der Waals surface area contributed by atoms with Crippen LogP contribution in [0, 0.1) is 0 Å². The Morgan fingerprint density at radius 3 is 2.38 bits per heavy atom. The summed E-state index contributed by atoms with van der Waals surface area (Å²) in [6, 6.07) is 0. The molecular formula is C8H17NO3S. The number of piperidine rings is 1. The summed E-state index contributed by atoms with van der Waals surface area (Å²) in [4.78, 5) is 0. The van der Waals surface area contributed by atoms with Crippen molar-refractivity contribution in [2.24, 2.45) is 0 Å². The van der Waals surface area contributed by atoms with Gasteiger partial charge in [0.1, 0.15) is 0 Å². The molecule has 0 aliphatic carbocycles. The van der Waals surface area contributed by atoms with E-state index in [0.717, 1.165) is 0 Å². The molecule has 1 aliphatic heterocycles. The van der Waals surface area contributed by atoms with Gasteiger partial charge in [-0.15, -0.1) is 0 Å². The van der Waals surface area contributed by atoms with Crippen LogP contribution in [0.2, 0.25) is 0 Å². The molecule has 0 amide bonds. The summed E-state index contributed by atoms with van der Waals surface area (Å²) in [6.45, 7) is 2.81. The minimum Gasteiger partial charge on any atom is -0.393 e. The molecular weight excluding hydrogens is 190 g/mol. The Labute approximate surface area is 79.6 Å². The number of rotatable bonds is 3. The topological polar surface area (TPSA) is 57.6 Å². The molecule has 0 aromatic carbocycles. The highest BCUT2D eigenvalue weighted by molar-refractivity contribution is 7.89. The lowest BCUT2D eigenvalue weighted by molar-refractivity contribution is 0.113. The third kappa shape index (κ3) is 2.93. The summed E-state index contributed by atoms with van der Waals surface area (Å²) >= 11 is 0. The minimum atomic E-state index is -3.03. The van der Waals surface area contributed by atoms with E-state index in [1.54, 1.807) is 0 Å². The molecule has 78 valence electrons. The predicted octanol–water partition coefficient (Wildman–Crippen LogP) is 0.183. The molecule has 1 aliphatic rings. The van der Waals surface area contributed by atoms with Gasteiger partial charge < -0.3 is 5.11 Å². The summed E-state index contributed by atoms with van der Waals surface area (Å²) in [7, 11) is -3.03. The molecule has 4 nitrogen and oxygen atoms in total. The zero-order valence-electron chi connectivity index (χ0n) is 7.94. The van der Waals surface area contributed by atoms with Gasteiger partial charge in [-0.1, -0.05) is 6.92 Å². The van der Waals surface area contributed by atoms with E-state index in [4.69, 9.17) is 0 Å². The molecule has 0 atom stereocenters. The van der Waals surface area contributed by atoms with Crippen molar-refractivity contribution in [2.45, 2.75) is 32.3 Å². The van der Waals surface area contributed by atoms with E-state index >= 15 is 0 Å². The first-order chi connectivity index (χ1) is 6.06. The van der Waals surface area contributed by atoms with Gasteiger partial charge in [-0.25, -0.2) is 12.7 Å². The van der Waals surface area contributed by atoms with Gasteiger partial charge in [0.15, 0.2) is 0 Å². The lowest BCUT2D eigenvalue weighted by atomic mass is 10.1. The van der Waals surface area contributed by atoms with E-state index in [9.17, 15) is 13.5 Å². The molecule has 0 spiro atoms. The third-order valence-electron chi connectivity index (χ3n) is 2.28. The molecule has 0 aromatic heterocycles. The predicted molar refractivity (Wildman–Crippen MR) is 50.9 cm³/mol. The van der Waals surface area contributed by atoms with Crippen LogP contribution in [-0.4, -0.2) is 42.8 Å². The van der Waals surface area contributed by atoms with Crippen LogP contribution in [0.15, 0.2) is 0 Å². The fraction of sp³-hybridized carbons (Fsp3) is 1.00. The zero-order valence-corrected chi connectivity index (χ0v) is 8.76. The highest BCUT2D eigenvalue weighted by Gasteiger charge is 2.25. The van der Waals surface area contributed by atoms with Crippen LogP contribution < -0.4 is 0 Å². The lowest BCUT2D eigenvalue weighted by Crippen LogP contribution is -2.41. The second-order valence-corrected chi connectivity index (χ2v) is 5.53. The van der Waals surface area contributed by atoms with Gasteiger partial charge in [-0.3, -0.25) is 0 Å². The Kier molecular flexibility index (Phi) is 3.70. The maximum absolute atomic E-state index is 11.5. The van der Waals surface area contributed by atoms with Crippen molar-refractivity contribution in [3.8, 4) is 0 Å². The van der Waals surface area contributed by atoms with E-state index in [1.807, 2.05) is 6.92 Å². The smallest absolute Gasteiger partial charge is 0.214 e. The number of hydrogen-bond acceptors (Lipinski definition) is 3. The van der Waals surface area contributed by atoms with Crippen molar-refractivity contribution in [2.75, 3.05) is 18.8 Å². The van der Waals surface area contributed by atoms with Crippen LogP contribution in [0.3, 0.4) is 0 Å². The van der Waals surface area contributed by atoms with E-state index < -0.39 is 10.0 Å². The number of nitrogens with zero attached hydrogens (tertiary/aromatic N) is 1. The Bertz CT molecular complexity index is 242. The molecule has 1 heterocycles. The Morgan fingerprint density at radius 2 is 1.92 bits per heavy atom. The Morgan fingerprint density at radius 1 is 1.38 bits per heavy atom. The van der Waals surface area contributed by atoms with E-state index in [2.05, 4.69) is 0 Å². The van der Waals surface area contributed by atoms with Gasteiger partial charge in [-0.2, -0.15) is 0 Å². The SMILES string of the molecule is CCCS(=O)(=O)N1CCC(O)CC1. The molecule has 1 saturated heterocycles. The highest BCUT2D eigenvalue weighted by Crippen LogP contribution is 2.14. The maximum atomic E-state index is 11.5. The quantitative estimate of drug-likeness (QED) is 0.718. The molecule has 0 radical (unpaired) electrons. The van der Waals surface area contributed by atoms with Gasteiger partial charge in [0.25, 0.3) is 0 Å². The molecule has 1 rings (SSSR count). The van der Waals surface area contributed by atoms with Gasteiger partial charge in [-0.05, 0) is 19.3 Å². The summed E-state index contributed by atoms with van der Waals surface area (Å²) in [5.41, 5.74) is 0. The van der Waals surface area contributed by atoms with Crippen LogP contribution in [-0.2, 0) is 10.0 Å². The van der Waals surface area contributed by atoms with Crippen molar-refractivity contribution in [1.82, 2.24) is 4.31 Å². The summed E-state index contributed by atoms with van der Waals surface area (Å²) in [5.74, 6) is 0.225. The van der Waals surface area contributed by atoms with E-state index in [-0.39, 0.29) is 11.9 Å². The normalized spacial score (nSPS) is 22.0. The molecule has 13 heavy (non-hydrogen) atoms. The van der Waals surface area contributed by atoms with E-state index in [0.29, 0.717) is 32.4 Å². The monoisotopic (exact) mass is 207 g/mol. The van der Waals surface area contributed by atoms with E-state index in [1.165, 1.54) is 4.31 Å². The van der Waals surface area contributed by atoms with Crippen LogP contribution in [0.1, 0.15) is 26.2 Å². The van der Waals surface area contributed by atoms with Crippen LogP contribution in [0.5, 0.6) is 0 Å². The van der Waals surface area contributed by atoms with Crippen molar-refractivity contribution in [3.63, 3.8) is 0 Å². The van der Waals surface area contributed by atoms with Gasteiger partial charge in [0, 0.05) is 13.1 Å². The molecule has 0 unspecified atom stereocenters. The fourth-order valence-electron chi connectivity index (χ4n) is 1.51. The van der Waals surface area contributed by atoms with Crippen LogP contribution in [0.25, 0.3) is 0 Å². The summed E-state index contributed by atoms with van der Waals surface area (Å²) in [5, 5.41) is 9.20. The van der Waals surface area contributed by atoms with Crippen molar-refractivity contribution in [3.05, 3.63) is 0 Å². The molecule has 5 heteroatoms. The second kappa shape index (κ2) is 4.39. The lowest BCUT2D eigenvalue weighted by Gasteiger charge is -2.28. The van der Waals surface area contributed by atoms with Crippen molar-refractivity contribution >= 4 is 10.0 Å². The Hall–Kier alpha value is -0.130. The van der Waals surface area contributed by atoms with Gasteiger partial charge in [0.05, 0.1) is 11.9 Å². The Balaban J connectivity index is 2.53. The average Bonchev–Trinajstić information content (AvgIpc) is 2.05. The first-order valence-corrected chi connectivity index (χ1v) is 6.33. The number of sulfonamides is 1. The van der Waals surface area contributed by atoms with Crippen LogP contribution in [0.4, 0.5) is 0 Å². The molecule has 0 saturated carbocycles. The molecule has 1 fully saturated rings. The zero-order chi connectivity index (χ0) is 9.90. The molecule has 0 bridgehead atoms.